The Morgan fingerprint density at radius 2 is 1.68 bits per heavy atom. The molecule has 0 saturated heterocycles. The smallest absolute Gasteiger partial charge is 0.264 e. The standard InChI is InChI=1S/C24H22Cl2N2O5S/c1-16(17-5-10-22-23(13-17)33-12-11-32-22)27-24(29)15-28(20-4-2-3-19(26)14-20)34(30,31)21-8-6-18(25)7-9-21/h2-10,13-14,16H,11-12,15H2,1H3,(H,27,29). The van der Waals surface area contributed by atoms with Gasteiger partial charge in [0.05, 0.1) is 16.6 Å². The summed E-state index contributed by atoms with van der Waals surface area (Å²) in [6.45, 7) is 2.30. The number of hydrogen-bond acceptors (Lipinski definition) is 5. The molecule has 7 nitrogen and oxygen atoms in total. The molecule has 0 bridgehead atoms. The Morgan fingerprint density at radius 1 is 0.971 bits per heavy atom. The van der Waals surface area contributed by atoms with Crippen molar-refractivity contribution in [2.45, 2.75) is 17.9 Å². The second kappa shape index (κ2) is 10.1. The second-order valence-electron chi connectivity index (χ2n) is 7.64. The van der Waals surface area contributed by atoms with Gasteiger partial charge in [-0.1, -0.05) is 35.3 Å². The van der Waals surface area contributed by atoms with E-state index in [1.807, 2.05) is 6.07 Å². The highest BCUT2D eigenvalue weighted by molar-refractivity contribution is 7.92. The molecule has 1 N–H and O–H groups in total. The van der Waals surface area contributed by atoms with Crippen LogP contribution in [0, 0.1) is 0 Å². The van der Waals surface area contributed by atoms with Crippen LogP contribution in [-0.4, -0.2) is 34.1 Å². The third-order valence-corrected chi connectivity index (χ3v) is 7.50. The van der Waals surface area contributed by atoms with Crippen molar-refractivity contribution in [1.29, 1.82) is 0 Å². The molecule has 1 unspecified atom stereocenters. The summed E-state index contributed by atoms with van der Waals surface area (Å²) in [5, 5.41) is 3.60. The number of benzene rings is 3. The number of sulfonamides is 1. The van der Waals surface area contributed by atoms with Gasteiger partial charge < -0.3 is 14.8 Å². The van der Waals surface area contributed by atoms with Gasteiger partial charge in [-0.15, -0.1) is 0 Å². The predicted molar refractivity (Wildman–Crippen MR) is 131 cm³/mol. The molecule has 4 rings (SSSR count). The van der Waals surface area contributed by atoms with Crippen LogP contribution in [0.15, 0.2) is 71.6 Å². The van der Waals surface area contributed by atoms with Crippen molar-refractivity contribution in [3.63, 3.8) is 0 Å². The Labute approximate surface area is 208 Å². The molecule has 0 fully saturated rings. The molecular weight excluding hydrogens is 499 g/mol. The summed E-state index contributed by atoms with van der Waals surface area (Å²) < 4.78 is 39.0. The van der Waals surface area contributed by atoms with Gasteiger partial charge >= 0.3 is 0 Å². The van der Waals surface area contributed by atoms with E-state index in [1.165, 1.54) is 30.3 Å². The number of anilines is 1. The van der Waals surface area contributed by atoms with Gasteiger partial charge in [-0.25, -0.2) is 8.42 Å². The summed E-state index contributed by atoms with van der Waals surface area (Å²) in [5.41, 5.74) is 1.07. The van der Waals surface area contributed by atoms with Crippen LogP contribution in [0.3, 0.4) is 0 Å². The number of hydrogen-bond donors (Lipinski definition) is 1. The van der Waals surface area contributed by atoms with Gasteiger partial charge in [-0.2, -0.15) is 0 Å². The molecule has 1 aliphatic rings. The molecule has 1 heterocycles. The molecule has 0 saturated carbocycles. The lowest BCUT2D eigenvalue weighted by Gasteiger charge is -2.25. The van der Waals surface area contributed by atoms with Crippen LogP contribution in [-0.2, 0) is 14.8 Å². The molecule has 0 radical (unpaired) electrons. The van der Waals surface area contributed by atoms with Crippen molar-refractivity contribution in [2.75, 3.05) is 24.1 Å². The Hall–Kier alpha value is -2.94. The lowest BCUT2D eigenvalue weighted by Crippen LogP contribution is -2.41. The van der Waals surface area contributed by atoms with Crippen LogP contribution < -0.4 is 19.1 Å². The van der Waals surface area contributed by atoms with E-state index in [9.17, 15) is 13.2 Å². The first-order valence-electron chi connectivity index (χ1n) is 10.5. The van der Waals surface area contributed by atoms with E-state index in [0.717, 1.165) is 9.87 Å². The van der Waals surface area contributed by atoms with Crippen LogP contribution in [0.4, 0.5) is 5.69 Å². The Morgan fingerprint density at radius 3 is 2.38 bits per heavy atom. The topological polar surface area (TPSA) is 84.9 Å². The van der Waals surface area contributed by atoms with Gasteiger partial charge in [0.1, 0.15) is 19.8 Å². The van der Waals surface area contributed by atoms with Crippen molar-refractivity contribution in [3.05, 3.63) is 82.3 Å². The summed E-state index contributed by atoms with van der Waals surface area (Å²) in [5.74, 6) is 0.769. The van der Waals surface area contributed by atoms with Gasteiger partial charge in [-0.05, 0) is 67.1 Å². The van der Waals surface area contributed by atoms with Gasteiger partial charge in [0.2, 0.25) is 5.91 Å². The van der Waals surface area contributed by atoms with E-state index in [-0.39, 0.29) is 10.6 Å². The number of nitrogens with one attached hydrogen (secondary N) is 1. The van der Waals surface area contributed by atoms with Crippen molar-refractivity contribution in [1.82, 2.24) is 5.32 Å². The molecule has 1 aliphatic heterocycles. The third kappa shape index (κ3) is 5.41. The minimum Gasteiger partial charge on any atom is -0.486 e. The van der Waals surface area contributed by atoms with E-state index in [2.05, 4.69) is 5.32 Å². The fraction of sp³-hybridized carbons (Fsp3) is 0.208. The molecule has 3 aromatic rings. The van der Waals surface area contributed by atoms with Crippen LogP contribution in [0.5, 0.6) is 11.5 Å². The van der Waals surface area contributed by atoms with Crippen molar-refractivity contribution < 1.29 is 22.7 Å². The summed E-state index contributed by atoms with van der Waals surface area (Å²) in [4.78, 5) is 13.0. The van der Waals surface area contributed by atoms with Crippen LogP contribution in [0.25, 0.3) is 0 Å². The average Bonchev–Trinajstić information content (AvgIpc) is 2.82. The Kier molecular flexibility index (Phi) is 7.21. The molecule has 3 aromatic carbocycles. The van der Waals surface area contributed by atoms with Crippen molar-refractivity contribution >= 4 is 44.8 Å². The average molecular weight is 521 g/mol. The Bertz CT molecular complexity index is 1300. The van der Waals surface area contributed by atoms with Gasteiger partial charge in [0.25, 0.3) is 10.0 Å². The molecule has 10 heteroatoms. The summed E-state index contributed by atoms with van der Waals surface area (Å²) in [7, 11) is -4.08. The molecule has 1 atom stereocenters. The normalized spacial score (nSPS) is 13.7. The first kappa shape index (κ1) is 24.2. The van der Waals surface area contributed by atoms with Gasteiger partial charge in [0, 0.05) is 10.0 Å². The number of fused-ring (bicyclic) bond motifs is 1. The quantitative estimate of drug-likeness (QED) is 0.481. The fourth-order valence-corrected chi connectivity index (χ4v) is 5.23. The highest BCUT2D eigenvalue weighted by Crippen LogP contribution is 2.33. The maximum atomic E-state index is 13.4. The first-order valence-corrected chi connectivity index (χ1v) is 12.7. The number of rotatable bonds is 7. The van der Waals surface area contributed by atoms with Gasteiger partial charge in [-0.3, -0.25) is 9.10 Å². The number of carbonyl (C=O) groups is 1. The molecule has 1 amide bonds. The van der Waals surface area contributed by atoms with Crippen LogP contribution in [0.1, 0.15) is 18.5 Å². The molecule has 178 valence electrons. The van der Waals surface area contributed by atoms with Gasteiger partial charge in [0.15, 0.2) is 11.5 Å². The highest BCUT2D eigenvalue weighted by Gasteiger charge is 2.28. The van der Waals surface area contributed by atoms with Crippen molar-refractivity contribution in [3.8, 4) is 11.5 Å². The van der Waals surface area contributed by atoms with Crippen molar-refractivity contribution in [2.24, 2.45) is 0 Å². The van der Waals surface area contributed by atoms with E-state index >= 15 is 0 Å². The lowest BCUT2D eigenvalue weighted by molar-refractivity contribution is -0.120. The zero-order chi connectivity index (χ0) is 24.3. The minimum absolute atomic E-state index is 0.00422. The number of ether oxygens (including phenoxy) is 2. The second-order valence-corrected chi connectivity index (χ2v) is 10.4. The molecular formula is C24H22Cl2N2O5S. The highest BCUT2D eigenvalue weighted by atomic mass is 35.5. The maximum Gasteiger partial charge on any atom is 0.264 e. The number of carbonyl (C=O) groups excluding carboxylic acids is 1. The molecule has 34 heavy (non-hydrogen) atoms. The SMILES string of the molecule is CC(NC(=O)CN(c1cccc(Cl)c1)S(=O)(=O)c1ccc(Cl)cc1)c1ccc2c(c1)OCCO2. The monoisotopic (exact) mass is 520 g/mol. The minimum atomic E-state index is -4.08. The molecule has 0 aliphatic carbocycles. The summed E-state index contributed by atoms with van der Waals surface area (Å²) >= 11 is 12.0. The summed E-state index contributed by atoms with van der Waals surface area (Å²) in [6.07, 6.45) is 0. The molecule has 0 aromatic heterocycles. The zero-order valence-electron chi connectivity index (χ0n) is 18.2. The number of nitrogens with zero attached hydrogens (tertiary/aromatic N) is 1. The largest absolute Gasteiger partial charge is 0.486 e. The predicted octanol–water partition coefficient (Wildman–Crippen LogP) is 4.84. The Balaban J connectivity index is 1.57. The third-order valence-electron chi connectivity index (χ3n) is 5.23. The fourth-order valence-electron chi connectivity index (χ4n) is 3.51. The molecule has 0 spiro atoms. The zero-order valence-corrected chi connectivity index (χ0v) is 20.5. The lowest BCUT2D eigenvalue weighted by atomic mass is 10.1. The summed E-state index contributed by atoms with van der Waals surface area (Å²) in [6, 6.07) is 17.1. The maximum absolute atomic E-state index is 13.4. The number of amides is 1. The van der Waals surface area contributed by atoms with Crippen LogP contribution >= 0.6 is 23.2 Å². The van der Waals surface area contributed by atoms with E-state index in [4.69, 9.17) is 32.7 Å². The van der Waals surface area contributed by atoms with E-state index < -0.39 is 28.5 Å². The van der Waals surface area contributed by atoms with Crippen LogP contribution in [0.2, 0.25) is 10.0 Å². The van der Waals surface area contributed by atoms with E-state index in [1.54, 1.807) is 37.3 Å². The number of halogens is 2. The van der Waals surface area contributed by atoms with E-state index in [0.29, 0.717) is 34.8 Å². The first-order chi connectivity index (χ1) is 16.2.